The third-order valence-electron chi connectivity index (χ3n) is 3.41. The van der Waals surface area contributed by atoms with Crippen LogP contribution in [0, 0.1) is 0 Å². The first kappa shape index (κ1) is 17.8. The van der Waals surface area contributed by atoms with Crippen molar-refractivity contribution in [1.29, 1.82) is 0 Å². The predicted octanol–water partition coefficient (Wildman–Crippen LogP) is 2.35. The lowest BCUT2D eigenvalue weighted by molar-refractivity contribution is -0.123. The van der Waals surface area contributed by atoms with Gasteiger partial charge in [0, 0.05) is 5.56 Å². The standard InChI is InChI=1S/C17H12N2O5S2/c20-11-3-1-2-10(8-11)15(23)18-19-16(24)14(26-17(19)25)7-9-4-5-12(21)13(22)6-9/h1-8,20-22H,(H,18,23)/b14-7+. The van der Waals surface area contributed by atoms with Crippen molar-refractivity contribution in [2.75, 3.05) is 0 Å². The molecule has 132 valence electrons. The predicted molar refractivity (Wildman–Crippen MR) is 100 cm³/mol. The number of hydrogen-bond acceptors (Lipinski definition) is 7. The van der Waals surface area contributed by atoms with Crippen LogP contribution in [0.2, 0.25) is 0 Å². The topological polar surface area (TPSA) is 110 Å². The maximum atomic E-state index is 12.5. The molecule has 0 atom stereocenters. The van der Waals surface area contributed by atoms with Crippen molar-refractivity contribution in [3.8, 4) is 17.2 Å². The van der Waals surface area contributed by atoms with Gasteiger partial charge in [-0.25, -0.2) is 0 Å². The van der Waals surface area contributed by atoms with Crippen molar-refractivity contribution >= 4 is 46.2 Å². The summed E-state index contributed by atoms with van der Waals surface area (Å²) in [5.74, 6) is -1.78. The van der Waals surface area contributed by atoms with Crippen LogP contribution >= 0.6 is 24.0 Å². The smallest absolute Gasteiger partial charge is 0.285 e. The summed E-state index contributed by atoms with van der Waals surface area (Å²) in [7, 11) is 0. The number of nitrogens with one attached hydrogen (secondary N) is 1. The lowest BCUT2D eigenvalue weighted by Crippen LogP contribution is -2.44. The first-order valence-corrected chi connectivity index (χ1v) is 8.47. The number of carbonyl (C=O) groups excluding carboxylic acids is 2. The number of benzene rings is 2. The minimum absolute atomic E-state index is 0.0740. The molecular formula is C17H12N2O5S2. The fourth-order valence-electron chi connectivity index (χ4n) is 2.16. The van der Waals surface area contributed by atoms with E-state index in [2.05, 4.69) is 5.43 Å². The Morgan fingerprint density at radius 3 is 2.58 bits per heavy atom. The maximum Gasteiger partial charge on any atom is 0.285 e. The van der Waals surface area contributed by atoms with Gasteiger partial charge in [-0.3, -0.25) is 15.0 Å². The van der Waals surface area contributed by atoms with Crippen LogP contribution in [0.4, 0.5) is 0 Å². The number of aromatic hydroxyl groups is 3. The van der Waals surface area contributed by atoms with Gasteiger partial charge in [0.05, 0.1) is 4.91 Å². The zero-order valence-electron chi connectivity index (χ0n) is 13.0. The van der Waals surface area contributed by atoms with Crippen molar-refractivity contribution in [3.05, 3.63) is 58.5 Å². The summed E-state index contributed by atoms with van der Waals surface area (Å²) in [4.78, 5) is 25.0. The van der Waals surface area contributed by atoms with E-state index in [0.29, 0.717) is 5.56 Å². The Bertz CT molecular complexity index is 958. The highest BCUT2D eigenvalue weighted by molar-refractivity contribution is 8.26. The molecule has 1 aliphatic rings. The molecule has 9 heteroatoms. The van der Waals surface area contributed by atoms with Crippen LogP contribution in [0.1, 0.15) is 15.9 Å². The van der Waals surface area contributed by atoms with E-state index in [9.17, 15) is 24.9 Å². The molecule has 1 fully saturated rings. The molecule has 0 unspecified atom stereocenters. The molecule has 26 heavy (non-hydrogen) atoms. The summed E-state index contributed by atoms with van der Waals surface area (Å²) >= 11 is 6.11. The summed E-state index contributed by atoms with van der Waals surface area (Å²) < 4.78 is 0.137. The first-order valence-electron chi connectivity index (χ1n) is 7.25. The van der Waals surface area contributed by atoms with E-state index in [1.807, 2.05) is 0 Å². The molecule has 0 aromatic heterocycles. The summed E-state index contributed by atoms with van der Waals surface area (Å²) in [6, 6.07) is 9.80. The van der Waals surface area contributed by atoms with Crippen LogP contribution in [0.15, 0.2) is 47.4 Å². The molecule has 3 rings (SSSR count). The molecule has 0 saturated carbocycles. The fraction of sp³-hybridized carbons (Fsp3) is 0. The minimum Gasteiger partial charge on any atom is -0.508 e. The lowest BCUT2D eigenvalue weighted by Gasteiger charge is -2.15. The van der Waals surface area contributed by atoms with Crippen molar-refractivity contribution in [2.45, 2.75) is 0 Å². The van der Waals surface area contributed by atoms with Crippen LogP contribution in [0.5, 0.6) is 17.2 Å². The molecule has 1 saturated heterocycles. The van der Waals surface area contributed by atoms with Gasteiger partial charge in [0.25, 0.3) is 11.8 Å². The van der Waals surface area contributed by atoms with Gasteiger partial charge in [-0.1, -0.05) is 23.9 Å². The molecular weight excluding hydrogens is 376 g/mol. The van der Waals surface area contributed by atoms with Crippen LogP contribution in [-0.4, -0.2) is 36.5 Å². The monoisotopic (exact) mass is 388 g/mol. The van der Waals surface area contributed by atoms with Crippen molar-refractivity contribution in [1.82, 2.24) is 10.4 Å². The highest BCUT2D eigenvalue weighted by atomic mass is 32.2. The molecule has 2 amide bonds. The molecule has 1 aliphatic heterocycles. The Morgan fingerprint density at radius 1 is 1.12 bits per heavy atom. The number of thiocarbonyl (C=S) groups is 1. The van der Waals surface area contributed by atoms with Gasteiger partial charge in [-0.2, -0.15) is 5.01 Å². The largest absolute Gasteiger partial charge is 0.508 e. The molecule has 0 spiro atoms. The second kappa shape index (κ2) is 7.06. The zero-order valence-corrected chi connectivity index (χ0v) is 14.7. The van der Waals surface area contributed by atoms with E-state index in [-0.39, 0.29) is 32.0 Å². The molecule has 2 aromatic rings. The quantitative estimate of drug-likeness (QED) is 0.363. The Morgan fingerprint density at radius 2 is 1.88 bits per heavy atom. The Hall–Kier alpha value is -3.04. The molecule has 0 aliphatic carbocycles. The molecule has 7 nitrogen and oxygen atoms in total. The summed E-state index contributed by atoms with van der Waals surface area (Å²) in [5.41, 5.74) is 3.06. The molecule has 0 bridgehead atoms. The van der Waals surface area contributed by atoms with E-state index in [1.165, 1.54) is 48.5 Å². The van der Waals surface area contributed by atoms with Crippen molar-refractivity contribution in [3.63, 3.8) is 0 Å². The van der Waals surface area contributed by atoms with E-state index in [4.69, 9.17) is 12.2 Å². The van der Waals surface area contributed by atoms with E-state index >= 15 is 0 Å². The number of phenols is 3. The van der Waals surface area contributed by atoms with Gasteiger partial charge in [-0.05, 0) is 54.2 Å². The van der Waals surface area contributed by atoms with Crippen molar-refractivity contribution in [2.24, 2.45) is 0 Å². The second-order valence-corrected chi connectivity index (χ2v) is 6.93. The highest BCUT2D eigenvalue weighted by Gasteiger charge is 2.33. The van der Waals surface area contributed by atoms with Gasteiger partial charge < -0.3 is 15.3 Å². The number of nitrogens with zero attached hydrogens (tertiary/aromatic N) is 1. The highest BCUT2D eigenvalue weighted by Crippen LogP contribution is 2.33. The van der Waals surface area contributed by atoms with E-state index in [1.54, 1.807) is 0 Å². The van der Waals surface area contributed by atoms with Gasteiger partial charge in [0.15, 0.2) is 15.8 Å². The van der Waals surface area contributed by atoms with Crippen molar-refractivity contribution < 1.29 is 24.9 Å². The number of hydrogen-bond donors (Lipinski definition) is 4. The van der Waals surface area contributed by atoms with Gasteiger partial charge in [0.2, 0.25) is 0 Å². The molecule has 1 heterocycles. The summed E-state index contributed by atoms with van der Waals surface area (Å²) in [6.45, 7) is 0. The van der Waals surface area contributed by atoms with Gasteiger partial charge in [-0.15, -0.1) is 0 Å². The lowest BCUT2D eigenvalue weighted by atomic mass is 10.2. The number of thioether (sulfide) groups is 1. The number of phenolic OH excluding ortho intramolecular Hbond substituents is 3. The first-order chi connectivity index (χ1) is 12.3. The summed E-state index contributed by atoms with van der Waals surface area (Å²) in [5, 5.41) is 29.2. The third-order valence-corrected chi connectivity index (χ3v) is 4.71. The molecule has 4 N–H and O–H groups in total. The molecule has 0 radical (unpaired) electrons. The molecule has 2 aromatic carbocycles. The Balaban J connectivity index is 1.79. The number of hydrazine groups is 1. The van der Waals surface area contributed by atoms with Crippen LogP contribution in [0.25, 0.3) is 6.08 Å². The SMILES string of the molecule is O=C(NN1C(=O)/C(=C\c2ccc(O)c(O)c2)SC1=S)c1cccc(O)c1. The fourth-order valence-corrected chi connectivity index (χ4v) is 3.34. The van der Waals surface area contributed by atoms with Crippen LogP contribution in [0.3, 0.4) is 0 Å². The van der Waals surface area contributed by atoms with Crippen LogP contribution < -0.4 is 5.43 Å². The minimum atomic E-state index is -0.597. The Labute approximate surface area is 157 Å². The van der Waals surface area contributed by atoms with Crippen LogP contribution in [-0.2, 0) is 4.79 Å². The summed E-state index contributed by atoms with van der Waals surface area (Å²) in [6.07, 6.45) is 1.49. The number of rotatable bonds is 3. The van der Waals surface area contributed by atoms with Gasteiger partial charge in [0.1, 0.15) is 5.75 Å². The normalized spacial score (nSPS) is 15.5. The average molecular weight is 388 g/mol. The number of amides is 2. The van der Waals surface area contributed by atoms with E-state index < -0.39 is 11.8 Å². The van der Waals surface area contributed by atoms with Gasteiger partial charge >= 0.3 is 0 Å². The van der Waals surface area contributed by atoms with E-state index in [0.717, 1.165) is 16.8 Å². The average Bonchev–Trinajstić information content (AvgIpc) is 2.85. The maximum absolute atomic E-state index is 12.5. The third kappa shape index (κ3) is 3.63. The second-order valence-electron chi connectivity index (χ2n) is 5.26. The number of carbonyl (C=O) groups is 2. The Kier molecular flexibility index (Phi) is 4.83. The zero-order chi connectivity index (χ0) is 18.8.